The number of ether oxygens (including phenoxy) is 1. The lowest BCUT2D eigenvalue weighted by Gasteiger charge is -2.27. The van der Waals surface area contributed by atoms with Crippen LogP contribution in [0.2, 0.25) is 5.02 Å². The lowest BCUT2D eigenvalue weighted by molar-refractivity contribution is 0.0285. The minimum atomic E-state index is -1.13. The van der Waals surface area contributed by atoms with E-state index in [1.807, 2.05) is 19.1 Å². The van der Waals surface area contributed by atoms with Crippen molar-refractivity contribution in [2.24, 2.45) is 10.8 Å². The van der Waals surface area contributed by atoms with Crippen LogP contribution in [-0.2, 0) is 4.74 Å². The van der Waals surface area contributed by atoms with Crippen LogP contribution in [0, 0.1) is 6.92 Å². The molecule has 9 nitrogen and oxygen atoms in total. The highest BCUT2D eigenvalue weighted by Gasteiger charge is 2.26. The Morgan fingerprint density at radius 1 is 1.46 bits per heavy atom. The predicted molar refractivity (Wildman–Crippen MR) is 132 cm³/mol. The van der Waals surface area contributed by atoms with Gasteiger partial charge in [-0.1, -0.05) is 28.8 Å². The van der Waals surface area contributed by atoms with Crippen LogP contribution in [0.1, 0.15) is 34.1 Å². The lowest BCUT2D eigenvalue weighted by atomic mass is 10.0. The van der Waals surface area contributed by atoms with Crippen molar-refractivity contribution in [3.05, 3.63) is 81.1 Å². The number of alkyl halides is 1. The van der Waals surface area contributed by atoms with E-state index in [1.54, 1.807) is 41.2 Å². The van der Waals surface area contributed by atoms with E-state index in [0.29, 0.717) is 23.9 Å². The third kappa shape index (κ3) is 5.57. The van der Waals surface area contributed by atoms with E-state index < -0.39 is 24.2 Å². The number of hydrogen-bond donors (Lipinski definition) is 2. The number of nitrogens with two attached hydrogens (primary N) is 1. The molecule has 1 aromatic carbocycles. The van der Waals surface area contributed by atoms with Crippen molar-refractivity contribution in [1.82, 2.24) is 9.55 Å². The molecule has 35 heavy (non-hydrogen) atoms. The number of azide groups is 1. The number of aryl methyl sites for hydroxylation is 1. The summed E-state index contributed by atoms with van der Waals surface area (Å²) in [5, 5.41) is 7.42. The van der Waals surface area contributed by atoms with Crippen LogP contribution in [0.15, 0.2) is 53.9 Å². The normalized spacial score (nSPS) is 18.5. The van der Waals surface area contributed by atoms with Gasteiger partial charge in [0.25, 0.3) is 5.91 Å². The maximum Gasteiger partial charge on any atom is 0.265 e. The molecule has 0 aliphatic carbocycles. The van der Waals surface area contributed by atoms with Gasteiger partial charge in [0.15, 0.2) is 0 Å². The van der Waals surface area contributed by atoms with Gasteiger partial charge in [0.1, 0.15) is 17.7 Å². The molecule has 11 heteroatoms. The standard InChI is InChI=1S/C24H25ClFN7O2/c1-14-10-29-23(31-20-5-6-35-13-19(20)26)9-18(14)16-8-21(24(27)34)33(12-16)22(11-30-32-28)15-3-2-4-17(25)7-15/h2-4,7-10,12,19-20,22H,5-6,11,13H2,1H3,(H2,27,34)(H,29,31)/t19-,20-,22-/m1/s1. The van der Waals surface area contributed by atoms with E-state index in [-0.39, 0.29) is 18.8 Å². The average molecular weight is 498 g/mol. The van der Waals surface area contributed by atoms with E-state index in [2.05, 4.69) is 20.3 Å². The molecule has 182 valence electrons. The number of amides is 1. The molecule has 1 aliphatic rings. The summed E-state index contributed by atoms with van der Waals surface area (Å²) in [6, 6.07) is 9.73. The monoisotopic (exact) mass is 497 g/mol. The van der Waals surface area contributed by atoms with Crippen molar-refractivity contribution >= 4 is 23.3 Å². The van der Waals surface area contributed by atoms with Crippen LogP contribution >= 0.6 is 11.6 Å². The summed E-state index contributed by atoms with van der Waals surface area (Å²) >= 11 is 6.19. The van der Waals surface area contributed by atoms with Crippen molar-refractivity contribution in [2.45, 2.75) is 31.6 Å². The van der Waals surface area contributed by atoms with Crippen LogP contribution in [-0.4, -0.2) is 47.4 Å². The number of carbonyl (C=O) groups is 1. The molecule has 3 N–H and O–H groups in total. The first-order chi connectivity index (χ1) is 16.9. The molecule has 1 fully saturated rings. The summed E-state index contributed by atoms with van der Waals surface area (Å²) < 4.78 is 21.1. The molecule has 2 aromatic heterocycles. The molecule has 0 bridgehead atoms. The number of halogens is 2. The van der Waals surface area contributed by atoms with Gasteiger partial charge in [-0.2, -0.15) is 0 Å². The number of pyridine rings is 1. The zero-order valence-corrected chi connectivity index (χ0v) is 19.8. The first-order valence-electron chi connectivity index (χ1n) is 11.1. The van der Waals surface area contributed by atoms with E-state index in [0.717, 1.165) is 22.3 Å². The Morgan fingerprint density at radius 2 is 2.29 bits per heavy atom. The van der Waals surface area contributed by atoms with E-state index >= 15 is 0 Å². The molecule has 1 saturated heterocycles. The second-order valence-electron chi connectivity index (χ2n) is 8.38. The molecule has 0 unspecified atom stereocenters. The fourth-order valence-corrected chi connectivity index (χ4v) is 4.43. The largest absolute Gasteiger partial charge is 0.378 e. The Labute approximate surface area is 206 Å². The SMILES string of the molecule is Cc1cnc(N[C@@H]2CCOC[C@H]2F)cc1-c1cc(C(N)=O)n([C@H](CN=[N+]=[N-])c2cccc(Cl)c2)c1. The maximum atomic E-state index is 14.2. The Kier molecular flexibility index (Phi) is 7.55. The van der Waals surface area contributed by atoms with Gasteiger partial charge in [0.2, 0.25) is 0 Å². The van der Waals surface area contributed by atoms with Crippen LogP contribution in [0.25, 0.3) is 21.6 Å². The van der Waals surface area contributed by atoms with Crippen LogP contribution in [0.3, 0.4) is 0 Å². The highest BCUT2D eigenvalue weighted by atomic mass is 35.5. The summed E-state index contributed by atoms with van der Waals surface area (Å²) in [6.45, 7) is 2.48. The van der Waals surface area contributed by atoms with Gasteiger partial charge in [-0.25, -0.2) is 9.37 Å². The first kappa shape index (κ1) is 24.5. The number of carbonyl (C=O) groups excluding carboxylic acids is 1. The highest BCUT2D eigenvalue weighted by molar-refractivity contribution is 6.30. The van der Waals surface area contributed by atoms with Crippen molar-refractivity contribution < 1.29 is 13.9 Å². The smallest absolute Gasteiger partial charge is 0.265 e. The fourth-order valence-electron chi connectivity index (χ4n) is 4.23. The maximum absolute atomic E-state index is 14.2. The highest BCUT2D eigenvalue weighted by Crippen LogP contribution is 2.32. The number of aromatic nitrogens is 2. The third-order valence-corrected chi connectivity index (χ3v) is 6.26. The van der Waals surface area contributed by atoms with E-state index in [9.17, 15) is 9.18 Å². The summed E-state index contributed by atoms with van der Waals surface area (Å²) in [5.41, 5.74) is 18.0. The Morgan fingerprint density at radius 3 is 3.00 bits per heavy atom. The van der Waals surface area contributed by atoms with Gasteiger partial charge < -0.3 is 20.4 Å². The van der Waals surface area contributed by atoms with Crippen LogP contribution in [0.5, 0.6) is 0 Å². The second kappa shape index (κ2) is 10.8. The lowest BCUT2D eigenvalue weighted by Crippen LogP contribution is -2.39. The Hall–Kier alpha value is -3.59. The van der Waals surface area contributed by atoms with Gasteiger partial charge in [-0.05, 0) is 59.8 Å². The van der Waals surface area contributed by atoms with Crippen molar-refractivity contribution in [3.63, 3.8) is 0 Å². The molecule has 1 aliphatic heterocycles. The van der Waals surface area contributed by atoms with Gasteiger partial charge in [-0.3, -0.25) is 4.79 Å². The first-order valence-corrected chi connectivity index (χ1v) is 11.5. The van der Waals surface area contributed by atoms with Gasteiger partial charge in [-0.15, -0.1) is 0 Å². The zero-order valence-electron chi connectivity index (χ0n) is 19.1. The summed E-state index contributed by atoms with van der Waals surface area (Å²) in [7, 11) is 0. The number of nitrogens with one attached hydrogen (secondary N) is 1. The molecule has 0 saturated carbocycles. The number of nitrogens with zero attached hydrogens (tertiary/aromatic N) is 5. The number of anilines is 1. The number of hydrogen-bond acceptors (Lipinski definition) is 5. The summed E-state index contributed by atoms with van der Waals surface area (Å²) in [5.74, 6) is -0.106. The molecule has 1 amide bonds. The fraction of sp³-hybridized carbons (Fsp3) is 0.333. The van der Waals surface area contributed by atoms with Gasteiger partial charge >= 0.3 is 0 Å². The Balaban J connectivity index is 1.75. The quantitative estimate of drug-likeness (QED) is 0.256. The molecule has 0 radical (unpaired) electrons. The molecular formula is C24H25ClFN7O2. The van der Waals surface area contributed by atoms with Crippen molar-refractivity contribution in [2.75, 3.05) is 25.1 Å². The van der Waals surface area contributed by atoms with Gasteiger partial charge in [0.05, 0.1) is 25.2 Å². The van der Waals surface area contributed by atoms with E-state index in [4.69, 9.17) is 27.6 Å². The molecule has 3 aromatic rings. The zero-order chi connectivity index (χ0) is 24.9. The second-order valence-corrected chi connectivity index (χ2v) is 8.82. The number of benzene rings is 1. The van der Waals surface area contributed by atoms with Crippen molar-refractivity contribution in [3.8, 4) is 11.1 Å². The molecule has 0 spiro atoms. The number of rotatable bonds is 8. The molecule has 3 atom stereocenters. The van der Waals surface area contributed by atoms with Crippen molar-refractivity contribution in [1.29, 1.82) is 0 Å². The molecular weight excluding hydrogens is 473 g/mol. The van der Waals surface area contributed by atoms with Crippen LogP contribution < -0.4 is 11.1 Å². The molecule has 4 rings (SSSR count). The minimum absolute atomic E-state index is 0.0506. The van der Waals surface area contributed by atoms with E-state index in [1.165, 1.54) is 0 Å². The summed E-state index contributed by atoms with van der Waals surface area (Å²) in [6.07, 6.45) is 2.89. The third-order valence-electron chi connectivity index (χ3n) is 6.02. The Bertz CT molecular complexity index is 1270. The topological polar surface area (TPSA) is 131 Å². The van der Waals surface area contributed by atoms with Crippen LogP contribution in [0.4, 0.5) is 10.2 Å². The minimum Gasteiger partial charge on any atom is -0.378 e. The summed E-state index contributed by atoms with van der Waals surface area (Å²) in [4.78, 5) is 19.7. The average Bonchev–Trinajstić information content (AvgIpc) is 3.27. The molecule has 3 heterocycles. The predicted octanol–water partition coefficient (Wildman–Crippen LogP) is 5.05. The van der Waals surface area contributed by atoms with Gasteiger partial charge in [0, 0.05) is 34.5 Å². The number of primary amides is 1.